The van der Waals surface area contributed by atoms with E-state index in [0.717, 1.165) is 41.0 Å². The molecule has 0 aromatic carbocycles. The highest BCUT2D eigenvalue weighted by molar-refractivity contribution is 5.88. The maximum absolute atomic E-state index is 11.7. The van der Waals surface area contributed by atoms with Gasteiger partial charge in [-0.05, 0) is 32.8 Å². The highest BCUT2D eigenvalue weighted by Crippen LogP contribution is 2.25. The van der Waals surface area contributed by atoms with E-state index in [1.165, 1.54) is 0 Å². The lowest BCUT2D eigenvalue weighted by atomic mass is 10.2. The Morgan fingerprint density at radius 2 is 2.00 bits per heavy atom. The van der Waals surface area contributed by atoms with Gasteiger partial charge in [-0.2, -0.15) is 0 Å². The molecule has 120 valence electrons. The highest BCUT2D eigenvalue weighted by atomic mass is 16.1. The molecule has 2 rings (SSSR count). The number of rotatable bonds is 6. The van der Waals surface area contributed by atoms with E-state index in [4.69, 9.17) is 5.73 Å². The van der Waals surface area contributed by atoms with Crippen LogP contribution < -0.4 is 11.1 Å². The zero-order chi connectivity index (χ0) is 16.3. The normalized spacial score (nSPS) is 11.1. The third-order valence-corrected chi connectivity index (χ3v) is 4.00. The largest absolute Gasteiger partial charge is 0.382 e. The first-order chi connectivity index (χ1) is 10.5. The minimum absolute atomic E-state index is 0.109. The second kappa shape index (κ2) is 6.77. The van der Waals surface area contributed by atoms with Crippen LogP contribution in [0.2, 0.25) is 0 Å². The summed E-state index contributed by atoms with van der Waals surface area (Å²) in [6, 6.07) is 0. The van der Waals surface area contributed by atoms with Crippen LogP contribution in [0.4, 0.5) is 5.82 Å². The summed E-state index contributed by atoms with van der Waals surface area (Å²) in [7, 11) is 0. The van der Waals surface area contributed by atoms with Gasteiger partial charge in [-0.1, -0.05) is 13.3 Å². The molecule has 22 heavy (non-hydrogen) atoms. The van der Waals surface area contributed by atoms with Gasteiger partial charge < -0.3 is 15.6 Å². The molecule has 0 spiro atoms. The summed E-state index contributed by atoms with van der Waals surface area (Å²) < 4.78 is 2.11. The van der Waals surface area contributed by atoms with Crippen molar-refractivity contribution in [3.05, 3.63) is 17.1 Å². The van der Waals surface area contributed by atoms with Crippen LogP contribution in [0.1, 0.15) is 43.3 Å². The highest BCUT2D eigenvalue weighted by Gasteiger charge is 2.15. The second-order valence-electron chi connectivity index (χ2n) is 5.67. The monoisotopic (exact) mass is 303 g/mol. The van der Waals surface area contributed by atoms with Crippen molar-refractivity contribution in [1.29, 1.82) is 0 Å². The fourth-order valence-corrected chi connectivity index (χ4v) is 2.62. The van der Waals surface area contributed by atoms with Crippen LogP contribution in [-0.2, 0) is 11.3 Å². The van der Waals surface area contributed by atoms with E-state index in [0.29, 0.717) is 25.3 Å². The molecule has 0 unspecified atom stereocenters. The van der Waals surface area contributed by atoms with E-state index in [2.05, 4.69) is 26.8 Å². The molecular formula is C16H25N5O. The molecule has 0 saturated heterocycles. The Balaban J connectivity index is 2.18. The van der Waals surface area contributed by atoms with Gasteiger partial charge in [-0.25, -0.2) is 9.97 Å². The summed E-state index contributed by atoms with van der Waals surface area (Å²) in [5.74, 6) is 1.46. The zero-order valence-corrected chi connectivity index (χ0v) is 13.9. The molecule has 0 aliphatic heterocycles. The number of aromatic nitrogens is 3. The van der Waals surface area contributed by atoms with Crippen molar-refractivity contribution in [1.82, 2.24) is 19.9 Å². The van der Waals surface area contributed by atoms with Crippen molar-refractivity contribution in [3.8, 4) is 0 Å². The number of carbonyl (C=O) groups excluding carboxylic acids is 1. The maximum Gasteiger partial charge on any atom is 0.220 e. The molecule has 0 atom stereocenters. The lowest BCUT2D eigenvalue weighted by Crippen LogP contribution is -2.27. The quantitative estimate of drug-likeness (QED) is 0.857. The summed E-state index contributed by atoms with van der Waals surface area (Å²) in [5.41, 5.74) is 9.75. The molecule has 6 nitrogen and oxygen atoms in total. The summed E-state index contributed by atoms with van der Waals surface area (Å²) >= 11 is 0. The van der Waals surface area contributed by atoms with E-state index in [1.54, 1.807) is 0 Å². The number of anilines is 1. The number of carbonyl (C=O) groups is 1. The molecule has 2 heterocycles. The number of imidazole rings is 1. The van der Waals surface area contributed by atoms with E-state index in [-0.39, 0.29) is 5.91 Å². The molecule has 0 saturated carbocycles. The van der Waals surface area contributed by atoms with Crippen molar-refractivity contribution in [2.24, 2.45) is 0 Å². The summed E-state index contributed by atoms with van der Waals surface area (Å²) in [4.78, 5) is 20.5. The minimum atomic E-state index is 0.109. The Morgan fingerprint density at radius 1 is 1.27 bits per heavy atom. The number of pyridine rings is 1. The first-order valence-electron chi connectivity index (χ1n) is 7.81. The van der Waals surface area contributed by atoms with Crippen LogP contribution in [0.3, 0.4) is 0 Å². The number of unbranched alkanes of at least 4 members (excludes halogenated alkanes) is 1. The molecule has 6 heteroatoms. The van der Waals surface area contributed by atoms with Crippen LogP contribution in [0.5, 0.6) is 0 Å². The topological polar surface area (TPSA) is 85.8 Å². The molecule has 2 aromatic heterocycles. The van der Waals surface area contributed by atoms with E-state index in [1.807, 2.05) is 20.8 Å². The van der Waals surface area contributed by atoms with Gasteiger partial charge in [0.1, 0.15) is 11.3 Å². The molecule has 0 aliphatic carbocycles. The predicted octanol–water partition coefficient (Wildman–Crippen LogP) is 2.25. The van der Waals surface area contributed by atoms with Crippen molar-refractivity contribution in [2.45, 2.75) is 53.5 Å². The first-order valence-corrected chi connectivity index (χ1v) is 7.81. The van der Waals surface area contributed by atoms with E-state index in [9.17, 15) is 4.79 Å². The average molecular weight is 303 g/mol. The number of amides is 1. The standard InChI is InChI=1S/C16H25N5O/c1-5-6-7-13(22)18-8-9-21-12(4)20-14-15(21)10(2)11(3)19-16(14)17/h5-9H2,1-4H3,(H2,17,19)(H,18,22). The number of aryl methyl sites for hydroxylation is 3. The first kappa shape index (κ1) is 16.3. The van der Waals surface area contributed by atoms with Gasteiger partial charge >= 0.3 is 0 Å². The molecule has 1 amide bonds. The molecular weight excluding hydrogens is 278 g/mol. The van der Waals surface area contributed by atoms with Crippen molar-refractivity contribution in [2.75, 3.05) is 12.3 Å². The minimum Gasteiger partial charge on any atom is -0.382 e. The number of hydrogen-bond acceptors (Lipinski definition) is 4. The number of hydrogen-bond donors (Lipinski definition) is 2. The van der Waals surface area contributed by atoms with Crippen molar-refractivity contribution < 1.29 is 4.79 Å². The third kappa shape index (κ3) is 3.21. The number of nitrogen functional groups attached to an aromatic ring is 1. The van der Waals surface area contributed by atoms with Gasteiger partial charge in [0.15, 0.2) is 5.82 Å². The zero-order valence-electron chi connectivity index (χ0n) is 13.9. The molecule has 0 fully saturated rings. The van der Waals surface area contributed by atoms with Gasteiger partial charge in [0.25, 0.3) is 0 Å². The van der Waals surface area contributed by atoms with Crippen LogP contribution >= 0.6 is 0 Å². The Bertz CT molecular complexity index is 690. The van der Waals surface area contributed by atoms with Gasteiger partial charge in [0.2, 0.25) is 5.91 Å². The Labute approximate surface area is 131 Å². The number of fused-ring (bicyclic) bond motifs is 1. The number of nitrogens with two attached hydrogens (primary N) is 1. The van der Waals surface area contributed by atoms with Gasteiger partial charge in [0, 0.05) is 25.2 Å². The second-order valence-corrected chi connectivity index (χ2v) is 5.67. The Kier molecular flexibility index (Phi) is 5.00. The van der Waals surface area contributed by atoms with Crippen LogP contribution in [0.25, 0.3) is 11.0 Å². The van der Waals surface area contributed by atoms with Crippen LogP contribution in [0.15, 0.2) is 0 Å². The Hall–Kier alpha value is -2.11. The van der Waals surface area contributed by atoms with Crippen molar-refractivity contribution in [3.63, 3.8) is 0 Å². The predicted molar refractivity (Wildman–Crippen MR) is 88.7 cm³/mol. The van der Waals surface area contributed by atoms with E-state index < -0.39 is 0 Å². The SMILES string of the molecule is CCCCC(=O)NCCn1c(C)nc2c(N)nc(C)c(C)c21. The van der Waals surface area contributed by atoms with Crippen LogP contribution in [0, 0.1) is 20.8 Å². The third-order valence-electron chi connectivity index (χ3n) is 4.00. The van der Waals surface area contributed by atoms with Crippen molar-refractivity contribution >= 4 is 22.8 Å². The molecule has 0 aliphatic rings. The number of nitrogens with zero attached hydrogens (tertiary/aromatic N) is 3. The molecule has 0 radical (unpaired) electrons. The molecule has 3 N–H and O–H groups in total. The summed E-state index contributed by atoms with van der Waals surface area (Å²) in [5, 5.41) is 2.96. The Morgan fingerprint density at radius 3 is 2.68 bits per heavy atom. The lowest BCUT2D eigenvalue weighted by molar-refractivity contribution is -0.121. The molecule has 2 aromatic rings. The summed E-state index contributed by atoms with van der Waals surface area (Å²) in [6.07, 6.45) is 2.55. The maximum atomic E-state index is 11.7. The average Bonchev–Trinajstić information content (AvgIpc) is 2.80. The van der Waals surface area contributed by atoms with Crippen LogP contribution in [-0.4, -0.2) is 27.0 Å². The van der Waals surface area contributed by atoms with Gasteiger partial charge in [0.05, 0.1) is 5.52 Å². The van der Waals surface area contributed by atoms with E-state index >= 15 is 0 Å². The molecule has 0 bridgehead atoms. The summed E-state index contributed by atoms with van der Waals surface area (Å²) in [6.45, 7) is 9.29. The number of nitrogens with one attached hydrogen (secondary N) is 1. The van der Waals surface area contributed by atoms with Gasteiger partial charge in [-0.15, -0.1) is 0 Å². The lowest BCUT2D eigenvalue weighted by Gasteiger charge is -2.11. The fraction of sp³-hybridized carbons (Fsp3) is 0.562. The fourth-order valence-electron chi connectivity index (χ4n) is 2.62. The smallest absolute Gasteiger partial charge is 0.220 e. The van der Waals surface area contributed by atoms with Gasteiger partial charge in [-0.3, -0.25) is 4.79 Å².